The highest BCUT2D eigenvalue weighted by atomic mass is 32.2. The maximum Gasteiger partial charge on any atom is 0.232 e. The van der Waals surface area contributed by atoms with Gasteiger partial charge in [-0.25, -0.2) is 18.7 Å². The van der Waals surface area contributed by atoms with Crippen molar-refractivity contribution in [1.29, 1.82) is 0 Å². The molecule has 10 heteroatoms. The maximum absolute atomic E-state index is 14.5. The number of carbonyl (C=O) groups is 1. The highest BCUT2D eigenvalue weighted by Gasteiger charge is 2.43. The van der Waals surface area contributed by atoms with Gasteiger partial charge in [0, 0.05) is 10.9 Å². The van der Waals surface area contributed by atoms with Crippen molar-refractivity contribution in [2.24, 2.45) is 5.92 Å². The molecule has 2 atom stereocenters. The van der Waals surface area contributed by atoms with E-state index in [2.05, 4.69) is 25.5 Å². The van der Waals surface area contributed by atoms with E-state index >= 15 is 0 Å². The summed E-state index contributed by atoms with van der Waals surface area (Å²) in [5, 5.41) is 11.8. The van der Waals surface area contributed by atoms with Crippen LogP contribution in [-0.2, 0) is 4.79 Å². The number of hydrogen-bond donors (Lipinski definition) is 2. The maximum atomic E-state index is 14.5. The molecule has 0 bridgehead atoms. The molecule has 0 spiro atoms. The number of anilines is 1. The van der Waals surface area contributed by atoms with Crippen LogP contribution >= 0.6 is 23.1 Å². The predicted molar refractivity (Wildman–Crippen MR) is 111 cm³/mol. The summed E-state index contributed by atoms with van der Waals surface area (Å²) in [5.74, 6) is -1.28. The third kappa shape index (κ3) is 3.06. The molecule has 0 saturated heterocycles. The van der Waals surface area contributed by atoms with Gasteiger partial charge in [-0.05, 0) is 43.4 Å². The number of thiazole rings is 1. The number of thioether (sulfide) groups is 1. The lowest BCUT2D eigenvalue weighted by Gasteiger charge is -2.09. The van der Waals surface area contributed by atoms with Gasteiger partial charge >= 0.3 is 0 Å². The first-order valence-corrected chi connectivity index (χ1v) is 10.9. The number of nitrogens with one attached hydrogen (secondary N) is 2. The number of rotatable bonds is 4. The van der Waals surface area contributed by atoms with Crippen molar-refractivity contribution in [3.8, 4) is 11.3 Å². The van der Waals surface area contributed by atoms with E-state index in [1.54, 1.807) is 19.1 Å². The van der Waals surface area contributed by atoms with Crippen LogP contribution in [0.4, 0.5) is 13.9 Å². The topological polar surface area (TPSA) is 83.6 Å². The molecule has 5 rings (SSSR count). The Morgan fingerprint density at radius 1 is 1.38 bits per heavy atom. The molecule has 3 heterocycles. The highest BCUT2D eigenvalue weighted by molar-refractivity contribution is 7.98. The van der Waals surface area contributed by atoms with Gasteiger partial charge in [-0.1, -0.05) is 11.3 Å². The molecule has 0 radical (unpaired) electrons. The van der Waals surface area contributed by atoms with E-state index in [0.29, 0.717) is 37.8 Å². The molecule has 2 N–H and O–H groups in total. The number of aromatic nitrogens is 4. The standard InChI is InChI=1S/C19H15F2N5OS2/c1-7-9(20)6-13-15(18(28-2)26-25-13)14(7)11-3-4-12-17(22-11)29-19(23-12)24-16(27)8-5-10(8)21/h3-4,6,8,10H,5H2,1-2H3,(H,25,26)(H,23,24,27)/t8-,10+/m1/s1. The Morgan fingerprint density at radius 2 is 2.17 bits per heavy atom. The second-order valence-electron chi connectivity index (χ2n) is 6.90. The van der Waals surface area contributed by atoms with E-state index in [4.69, 9.17) is 0 Å². The van der Waals surface area contributed by atoms with Crippen LogP contribution in [0.2, 0.25) is 0 Å². The van der Waals surface area contributed by atoms with Crippen LogP contribution in [-0.4, -0.2) is 38.5 Å². The number of benzene rings is 1. The lowest BCUT2D eigenvalue weighted by molar-refractivity contribution is -0.117. The van der Waals surface area contributed by atoms with Crippen LogP contribution in [0.15, 0.2) is 23.2 Å². The van der Waals surface area contributed by atoms with Gasteiger partial charge in [-0.2, -0.15) is 5.10 Å². The van der Waals surface area contributed by atoms with Gasteiger partial charge in [-0.15, -0.1) is 11.8 Å². The lowest BCUT2D eigenvalue weighted by atomic mass is 10.00. The number of fused-ring (bicyclic) bond motifs is 2. The number of halogens is 2. The zero-order valence-electron chi connectivity index (χ0n) is 15.4. The number of alkyl halides is 1. The zero-order chi connectivity index (χ0) is 20.3. The van der Waals surface area contributed by atoms with Crippen molar-refractivity contribution in [3.05, 3.63) is 29.6 Å². The summed E-state index contributed by atoms with van der Waals surface area (Å²) in [7, 11) is 0. The van der Waals surface area contributed by atoms with Gasteiger partial charge in [-0.3, -0.25) is 9.89 Å². The fourth-order valence-corrected chi connectivity index (χ4v) is 4.73. The molecule has 1 fully saturated rings. The molecular weight excluding hydrogens is 416 g/mol. The van der Waals surface area contributed by atoms with Gasteiger partial charge < -0.3 is 5.32 Å². The molecule has 1 aliphatic carbocycles. The van der Waals surface area contributed by atoms with E-state index < -0.39 is 12.1 Å². The Labute approximate surface area is 172 Å². The number of amides is 1. The Morgan fingerprint density at radius 3 is 2.90 bits per heavy atom. The van der Waals surface area contributed by atoms with Gasteiger partial charge in [0.2, 0.25) is 5.91 Å². The molecule has 0 unspecified atom stereocenters. The normalized spacial score (nSPS) is 18.5. The molecule has 1 aromatic carbocycles. The fraction of sp³-hybridized carbons (Fsp3) is 0.263. The zero-order valence-corrected chi connectivity index (χ0v) is 17.0. The summed E-state index contributed by atoms with van der Waals surface area (Å²) in [5.41, 5.74) is 2.99. The Kier molecular flexibility index (Phi) is 4.28. The quantitative estimate of drug-likeness (QED) is 0.458. The number of aromatic amines is 1. The van der Waals surface area contributed by atoms with Gasteiger partial charge in [0.15, 0.2) is 5.13 Å². The van der Waals surface area contributed by atoms with Crippen LogP contribution in [0, 0.1) is 18.7 Å². The van der Waals surface area contributed by atoms with E-state index in [9.17, 15) is 13.6 Å². The summed E-state index contributed by atoms with van der Waals surface area (Å²) < 4.78 is 27.6. The average Bonchev–Trinajstić information content (AvgIpc) is 3.10. The van der Waals surface area contributed by atoms with Gasteiger partial charge in [0.05, 0.1) is 17.1 Å². The van der Waals surface area contributed by atoms with Crippen molar-refractivity contribution in [1.82, 2.24) is 20.2 Å². The Bertz CT molecular complexity index is 1280. The number of carbonyl (C=O) groups excluding carboxylic acids is 1. The lowest BCUT2D eigenvalue weighted by Crippen LogP contribution is -2.14. The number of hydrogen-bond acceptors (Lipinski definition) is 6. The van der Waals surface area contributed by atoms with Crippen LogP contribution in [0.5, 0.6) is 0 Å². The molecule has 6 nitrogen and oxygen atoms in total. The SMILES string of the molecule is CSc1n[nH]c2cc(F)c(C)c(-c3ccc4nc(NC(=O)[C@@H]5C[C@@H]5F)sc4n3)c12. The molecule has 1 aliphatic rings. The number of H-pyrrole nitrogens is 1. The molecule has 4 aromatic rings. The minimum absolute atomic E-state index is 0.260. The molecule has 0 aliphatic heterocycles. The van der Waals surface area contributed by atoms with Gasteiger partial charge in [0.1, 0.15) is 27.4 Å². The minimum Gasteiger partial charge on any atom is -0.302 e. The van der Waals surface area contributed by atoms with Gasteiger partial charge in [0.25, 0.3) is 0 Å². The Balaban J connectivity index is 1.60. The van der Waals surface area contributed by atoms with E-state index in [0.717, 1.165) is 10.4 Å². The molecular formula is C19H15F2N5OS2. The van der Waals surface area contributed by atoms with Crippen LogP contribution in [0.1, 0.15) is 12.0 Å². The third-order valence-corrected chi connectivity index (χ3v) is 6.56. The van der Waals surface area contributed by atoms with E-state index in [1.165, 1.54) is 29.2 Å². The van der Waals surface area contributed by atoms with Crippen molar-refractivity contribution < 1.29 is 13.6 Å². The first kappa shape index (κ1) is 18.4. The summed E-state index contributed by atoms with van der Waals surface area (Å²) >= 11 is 2.68. The van der Waals surface area contributed by atoms with Crippen LogP contribution in [0.3, 0.4) is 0 Å². The minimum atomic E-state index is -1.06. The number of pyridine rings is 1. The smallest absolute Gasteiger partial charge is 0.232 e. The molecule has 1 saturated carbocycles. The van der Waals surface area contributed by atoms with Crippen LogP contribution in [0.25, 0.3) is 32.5 Å². The fourth-order valence-electron chi connectivity index (χ4n) is 3.34. The third-order valence-electron chi connectivity index (χ3n) is 5.00. The van der Waals surface area contributed by atoms with E-state index in [-0.39, 0.29) is 18.1 Å². The van der Waals surface area contributed by atoms with E-state index in [1.807, 2.05) is 6.26 Å². The number of nitrogens with zero attached hydrogens (tertiary/aromatic N) is 3. The first-order valence-electron chi connectivity index (χ1n) is 8.90. The van der Waals surface area contributed by atoms with Crippen molar-refractivity contribution in [3.63, 3.8) is 0 Å². The summed E-state index contributed by atoms with van der Waals surface area (Å²) in [6, 6.07) is 5.01. The van der Waals surface area contributed by atoms with Crippen molar-refractivity contribution in [2.45, 2.75) is 24.5 Å². The largest absolute Gasteiger partial charge is 0.302 e. The monoisotopic (exact) mass is 431 g/mol. The average molecular weight is 431 g/mol. The predicted octanol–water partition coefficient (Wildman–Crippen LogP) is 4.70. The van der Waals surface area contributed by atoms with Crippen LogP contribution < -0.4 is 5.32 Å². The summed E-state index contributed by atoms with van der Waals surface area (Å²) in [6.07, 6.45) is 1.11. The van der Waals surface area contributed by atoms with Crippen molar-refractivity contribution in [2.75, 3.05) is 11.6 Å². The summed E-state index contributed by atoms with van der Waals surface area (Å²) in [4.78, 5) is 21.6. The Hall–Kier alpha value is -2.59. The second kappa shape index (κ2) is 6.74. The molecule has 1 amide bonds. The summed E-state index contributed by atoms with van der Waals surface area (Å²) in [6.45, 7) is 1.72. The van der Waals surface area contributed by atoms with Crippen molar-refractivity contribution >= 4 is 55.4 Å². The molecule has 29 heavy (non-hydrogen) atoms. The molecule has 3 aromatic heterocycles. The molecule has 148 valence electrons. The first-order chi connectivity index (χ1) is 14.0. The second-order valence-corrected chi connectivity index (χ2v) is 8.67. The highest BCUT2D eigenvalue weighted by Crippen LogP contribution is 2.39.